The van der Waals surface area contributed by atoms with Gasteiger partial charge in [-0.05, 0) is 68.7 Å². The Morgan fingerprint density at radius 3 is 2.10 bits per heavy atom. The number of carbonyl (C=O) groups is 3. The number of hydrogen-bond donors (Lipinski definition) is 2. The van der Waals surface area contributed by atoms with Gasteiger partial charge in [0.15, 0.2) is 6.10 Å². The quantitative estimate of drug-likeness (QED) is 0.626. The fourth-order valence-corrected chi connectivity index (χ4v) is 9.15. The van der Waals surface area contributed by atoms with Gasteiger partial charge in [0, 0.05) is 29.8 Å². The Labute approximate surface area is 192 Å². The van der Waals surface area contributed by atoms with E-state index in [1.54, 1.807) is 31.2 Å². The topological polar surface area (TPSA) is 84.5 Å². The van der Waals surface area contributed by atoms with Crippen LogP contribution in [0, 0.1) is 17.8 Å². The van der Waals surface area contributed by atoms with E-state index in [2.05, 4.69) is 34.2 Å². The lowest BCUT2D eigenvalue weighted by molar-refractivity contribution is -0.159. The van der Waals surface area contributed by atoms with E-state index in [1.807, 2.05) is 0 Å². The molecule has 1 aromatic rings. The highest BCUT2D eigenvalue weighted by Crippen LogP contribution is 2.64. The molecule has 168 valence electrons. The van der Waals surface area contributed by atoms with Crippen molar-refractivity contribution in [2.24, 2.45) is 17.8 Å². The molecule has 4 rings (SSSR count). The van der Waals surface area contributed by atoms with E-state index in [9.17, 15) is 14.4 Å². The summed E-state index contributed by atoms with van der Waals surface area (Å²) in [7, 11) is 0. The van der Waals surface area contributed by atoms with Gasteiger partial charge in [-0.25, -0.2) is 0 Å². The number of nitrogens with one attached hydrogen (secondary N) is 2. The van der Waals surface area contributed by atoms with Crippen LogP contribution < -0.4 is 10.6 Å². The van der Waals surface area contributed by atoms with E-state index < -0.39 is 6.10 Å². The second kappa shape index (κ2) is 9.45. The van der Waals surface area contributed by atoms with Gasteiger partial charge in [0.2, 0.25) is 5.91 Å². The summed E-state index contributed by atoms with van der Waals surface area (Å²) in [5, 5.41) is 5.46. The number of amides is 2. The first-order valence-corrected chi connectivity index (χ1v) is 13.0. The van der Waals surface area contributed by atoms with E-state index in [-0.39, 0.29) is 23.7 Å². The summed E-state index contributed by atoms with van der Waals surface area (Å²) < 4.78 is 5.92. The maximum absolute atomic E-state index is 12.9. The van der Waals surface area contributed by atoms with Gasteiger partial charge in [0.05, 0.1) is 10.00 Å². The molecule has 1 unspecified atom stereocenters. The summed E-state index contributed by atoms with van der Waals surface area (Å²) in [5.41, 5.74) is 1.25. The minimum Gasteiger partial charge on any atom is -0.452 e. The lowest BCUT2D eigenvalue weighted by Gasteiger charge is -2.51. The standard InChI is InChI=1S/C23H30N2O4S2/c1-14(21(27)25-20-8-6-19(7-9-20)24-15(2)26)29-22(28)16-12-17-4-3-5-18(13-16)23(17)30-10-11-31-23/h6-9,14,16-18H,3-5,10-13H2,1-2H3,(H,24,26)(H,25,27)/t14-,16?,17-,18+/m0/s1. The molecule has 31 heavy (non-hydrogen) atoms. The predicted molar refractivity (Wildman–Crippen MR) is 126 cm³/mol. The van der Waals surface area contributed by atoms with Gasteiger partial charge in [-0.2, -0.15) is 0 Å². The lowest BCUT2D eigenvalue weighted by atomic mass is 9.67. The van der Waals surface area contributed by atoms with Gasteiger partial charge in [-0.3, -0.25) is 14.4 Å². The number of anilines is 2. The normalized spacial score (nSPS) is 27.4. The zero-order valence-corrected chi connectivity index (χ0v) is 19.7. The number of hydrogen-bond acceptors (Lipinski definition) is 6. The van der Waals surface area contributed by atoms with Crippen LogP contribution in [0.4, 0.5) is 11.4 Å². The molecular formula is C23H30N2O4S2. The lowest BCUT2D eigenvalue weighted by Crippen LogP contribution is -2.48. The molecule has 2 bridgehead atoms. The van der Waals surface area contributed by atoms with Crippen molar-refractivity contribution < 1.29 is 19.1 Å². The predicted octanol–water partition coefficient (Wildman–Crippen LogP) is 4.52. The Bertz CT molecular complexity index is 822. The second-order valence-corrected chi connectivity index (χ2v) is 11.7. The SMILES string of the molecule is CC(=O)Nc1ccc(NC(=O)[C@H](C)OC(=O)C2C[C@H]3CCC[C@@H](C2)C32SCCS2)cc1. The van der Waals surface area contributed by atoms with Gasteiger partial charge in [0.25, 0.3) is 5.91 Å². The fraction of sp³-hybridized carbons (Fsp3) is 0.609. The molecule has 2 N–H and O–H groups in total. The van der Waals surface area contributed by atoms with E-state index in [0.29, 0.717) is 27.3 Å². The van der Waals surface area contributed by atoms with E-state index >= 15 is 0 Å². The highest BCUT2D eigenvalue weighted by molar-refractivity contribution is 8.21. The molecule has 0 radical (unpaired) electrons. The van der Waals surface area contributed by atoms with E-state index in [1.165, 1.54) is 37.7 Å². The van der Waals surface area contributed by atoms with Crippen LogP contribution in [0.2, 0.25) is 0 Å². The van der Waals surface area contributed by atoms with Gasteiger partial charge >= 0.3 is 5.97 Å². The minimum atomic E-state index is -0.853. The Hall–Kier alpha value is -1.67. The van der Waals surface area contributed by atoms with Crippen molar-refractivity contribution >= 4 is 52.7 Å². The molecule has 1 heterocycles. The molecule has 1 saturated heterocycles. The summed E-state index contributed by atoms with van der Waals surface area (Å²) in [4.78, 5) is 36.5. The largest absolute Gasteiger partial charge is 0.452 e. The molecule has 2 amide bonds. The Morgan fingerprint density at radius 2 is 1.55 bits per heavy atom. The third kappa shape index (κ3) is 4.90. The van der Waals surface area contributed by atoms with Crippen LogP contribution in [0.1, 0.15) is 46.0 Å². The summed E-state index contributed by atoms with van der Waals surface area (Å²) in [6, 6.07) is 6.83. The molecule has 1 aromatic carbocycles. The summed E-state index contributed by atoms with van der Waals surface area (Å²) >= 11 is 4.24. The van der Waals surface area contributed by atoms with Crippen molar-refractivity contribution in [1.29, 1.82) is 0 Å². The summed E-state index contributed by atoms with van der Waals surface area (Å²) in [5.74, 6) is 2.74. The molecule has 4 atom stereocenters. The van der Waals surface area contributed by atoms with Crippen LogP contribution >= 0.6 is 23.5 Å². The Balaban J connectivity index is 1.31. The van der Waals surface area contributed by atoms with Crippen molar-refractivity contribution in [3.05, 3.63) is 24.3 Å². The molecule has 1 spiro atoms. The van der Waals surface area contributed by atoms with Gasteiger partial charge in [-0.15, -0.1) is 23.5 Å². The first-order valence-electron chi connectivity index (χ1n) is 11.0. The number of esters is 1. The van der Waals surface area contributed by atoms with Crippen LogP contribution in [0.25, 0.3) is 0 Å². The van der Waals surface area contributed by atoms with Crippen molar-refractivity contribution in [3.8, 4) is 0 Å². The maximum atomic E-state index is 12.9. The van der Waals surface area contributed by atoms with Crippen molar-refractivity contribution in [1.82, 2.24) is 0 Å². The fourth-order valence-electron chi connectivity index (χ4n) is 5.21. The molecular weight excluding hydrogens is 432 g/mol. The molecule has 8 heteroatoms. The smallest absolute Gasteiger partial charge is 0.309 e. The molecule has 3 fully saturated rings. The van der Waals surface area contributed by atoms with Crippen LogP contribution in [0.3, 0.4) is 0 Å². The minimum absolute atomic E-state index is 0.102. The number of benzene rings is 1. The molecule has 3 aliphatic rings. The summed E-state index contributed by atoms with van der Waals surface area (Å²) in [6.07, 6.45) is 4.57. The van der Waals surface area contributed by atoms with E-state index in [4.69, 9.17) is 4.74 Å². The average molecular weight is 463 g/mol. The van der Waals surface area contributed by atoms with Crippen molar-refractivity contribution in [3.63, 3.8) is 0 Å². The molecule has 0 aromatic heterocycles. The van der Waals surface area contributed by atoms with Crippen molar-refractivity contribution in [2.75, 3.05) is 22.1 Å². The van der Waals surface area contributed by atoms with Crippen molar-refractivity contribution in [2.45, 2.75) is 56.1 Å². The zero-order valence-electron chi connectivity index (χ0n) is 18.0. The number of rotatable bonds is 5. The van der Waals surface area contributed by atoms with E-state index in [0.717, 1.165) is 12.8 Å². The zero-order chi connectivity index (χ0) is 22.0. The first-order chi connectivity index (χ1) is 14.9. The molecule has 6 nitrogen and oxygen atoms in total. The number of carbonyl (C=O) groups excluding carboxylic acids is 3. The first kappa shape index (κ1) is 22.5. The van der Waals surface area contributed by atoms with Crippen LogP contribution in [0.15, 0.2) is 24.3 Å². The van der Waals surface area contributed by atoms with Crippen LogP contribution in [-0.2, 0) is 19.1 Å². The maximum Gasteiger partial charge on any atom is 0.309 e. The Morgan fingerprint density at radius 1 is 1.00 bits per heavy atom. The molecule has 2 saturated carbocycles. The molecule has 1 aliphatic heterocycles. The number of thioether (sulfide) groups is 2. The highest BCUT2D eigenvalue weighted by Gasteiger charge is 2.55. The van der Waals surface area contributed by atoms with Crippen LogP contribution in [-0.4, -0.2) is 39.5 Å². The number of ether oxygens (including phenoxy) is 1. The van der Waals surface area contributed by atoms with Gasteiger partial charge in [-0.1, -0.05) is 6.42 Å². The third-order valence-corrected chi connectivity index (χ3v) is 10.6. The highest BCUT2D eigenvalue weighted by atomic mass is 32.2. The Kier molecular flexibility index (Phi) is 6.86. The van der Waals surface area contributed by atoms with Gasteiger partial charge in [0.1, 0.15) is 0 Å². The third-order valence-electron chi connectivity index (χ3n) is 6.59. The molecule has 2 aliphatic carbocycles. The van der Waals surface area contributed by atoms with Gasteiger partial charge < -0.3 is 15.4 Å². The summed E-state index contributed by atoms with van der Waals surface area (Å²) in [6.45, 7) is 3.06. The van der Waals surface area contributed by atoms with Crippen LogP contribution in [0.5, 0.6) is 0 Å². The second-order valence-electron chi connectivity index (χ2n) is 8.74. The average Bonchev–Trinajstić information content (AvgIpc) is 3.18. The monoisotopic (exact) mass is 462 g/mol.